The molecule has 0 aromatic carbocycles. The Balaban J connectivity index is 2.48. The van der Waals surface area contributed by atoms with Crippen molar-refractivity contribution >= 4 is 0 Å². The molecular formula is C17H32N2O. The third kappa shape index (κ3) is 6.58. The molecule has 1 N–H and O–H groups in total. The smallest absolute Gasteiger partial charge is 0.118 e. The van der Waals surface area contributed by atoms with Crippen molar-refractivity contribution in [3.8, 4) is 0 Å². The van der Waals surface area contributed by atoms with E-state index in [2.05, 4.69) is 63.9 Å². The van der Waals surface area contributed by atoms with Crippen molar-refractivity contribution in [2.75, 3.05) is 13.1 Å². The maximum Gasteiger partial charge on any atom is 0.118 e. The van der Waals surface area contributed by atoms with Gasteiger partial charge in [0.15, 0.2) is 0 Å². The Morgan fingerprint density at radius 2 is 1.65 bits per heavy atom. The molecule has 0 fully saturated rings. The lowest BCUT2D eigenvalue weighted by Crippen LogP contribution is -2.33. The third-order valence-electron chi connectivity index (χ3n) is 3.26. The number of furan rings is 1. The summed E-state index contributed by atoms with van der Waals surface area (Å²) in [7, 11) is 0. The summed E-state index contributed by atoms with van der Waals surface area (Å²) in [6, 6.07) is 4.75. The lowest BCUT2D eigenvalue weighted by molar-refractivity contribution is 0.174. The summed E-state index contributed by atoms with van der Waals surface area (Å²) in [5.74, 6) is 3.46. The van der Waals surface area contributed by atoms with E-state index in [0.717, 1.165) is 37.7 Å². The fraction of sp³-hybridized carbons (Fsp3) is 0.765. The maximum atomic E-state index is 5.92. The molecule has 0 spiro atoms. The second-order valence-corrected chi connectivity index (χ2v) is 6.81. The van der Waals surface area contributed by atoms with Crippen LogP contribution in [0.5, 0.6) is 0 Å². The summed E-state index contributed by atoms with van der Waals surface area (Å²) in [5.41, 5.74) is 0. The molecule has 0 amide bonds. The molecule has 0 aliphatic rings. The highest BCUT2D eigenvalue weighted by molar-refractivity contribution is 5.07. The van der Waals surface area contributed by atoms with Crippen molar-refractivity contribution in [2.45, 2.75) is 60.7 Å². The van der Waals surface area contributed by atoms with Crippen molar-refractivity contribution < 1.29 is 4.42 Å². The molecule has 116 valence electrons. The van der Waals surface area contributed by atoms with Crippen LogP contribution in [0.15, 0.2) is 16.5 Å². The monoisotopic (exact) mass is 280 g/mol. The lowest BCUT2D eigenvalue weighted by Gasteiger charge is -2.27. The number of nitrogens with one attached hydrogen (secondary N) is 1. The van der Waals surface area contributed by atoms with E-state index in [4.69, 9.17) is 4.42 Å². The van der Waals surface area contributed by atoms with Crippen LogP contribution in [0, 0.1) is 11.8 Å². The molecule has 1 rings (SSSR count). The molecule has 0 bridgehead atoms. The highest BCUT2D eigenvalue weighted by Crippen LogP contribution is 2.14. The van der Waals surface area contributed by atoms with E-state index in [0.29, 0.717) is 17.9 Å². The summed E-state index contributed by atoms with van der Waals surface area (Å²) in [6.07, 6.45) is 0. The SMILES string of the molecule is CC(C)CNCc1ccc(CN(CC(C)C)C(C)C)o1. The Kier molecular flexibility index (Phi) is 7.31. The van der Waals surface area contributed by atoms with Crippen LogP contribution < -0.4 is 5.32 Å². The van der Waals surface area contributed by atoms with E-state index >= 15 is 0 Å². The summed E-state index contributed by atoms with van der Waals surface area (Å²) < 4.78 is 5.92. The van der Waals surface area contributed by atoms with Gasteiger partial charge in [-0.3, -0.25) is 4.90 Å². The minimum absolute atomic E-state index is 0.546. The Morgan fingerprint density at radius 1 is 1.00 bits per heavy atom. The van der Waals surface area contributed by atoms with Crippen molar-refractivity contribution in [2.24, 2.45) is 11.8 Å². The summed E-state index contributed by atoms with van der Waals surface area (Å²) in [6.45, 7) is 17.3. The van der Waals surface area contributed by atoms with Gasteiger partial charge in [0.25, 0.3) is 0 Å². The molecule has 0 atom stereocenters. The lowest BCUT2D eigenvalue weighted by atomic mass is 10.1. The molecule has 3 nitrogen and oxygen atoms in total. The molecule has 0 aliphatic heterocycles. The number of nitrogens with zero attached hydrogens (tertiary/aromatic N) is 1. The van der Waals surface area contributed by atoms with E-state index in [1.54, 1.807) is 0 Å². The average molecular weight is 280 g/mol. The van der Waals surface area contributed by atoms with Crippen LogP contribution in [0.1, 0.15) is 53.1 Å². The van der Waals surface area contributed by atoms with Crippen molar-refractivity contribution in [3.05, 3.63) is 23.7 Å². The van der Waals surface area contributed by atoms with Crippen LogP contribution >= 0.6 is 0 Å². The third-order valence-corrected chi connectivity index (χ3v) is 3.26. The topological polar surface area (TPSA) is 28.4 Å². The quantitative estimate of drug-likeness (QED) is 0.744. The Hall–Kier alpha value is -0.800. The highest BCUT2D eigenvalue weighted by Gasteiger charge is 2.14. The molecule has 0 unspecified atom stereocenters. The minimum atomic E-state index is 0.546. The van der Waals surface area contributed by atoms with Crippen molar-refractivity contribution in [3.63, 3.8) is 0 Å². The van der Waals surface area contributed by atoms with Gasteiger partial charge >= 0.3 is 0 Å². The average Bonchev–Trinajstić information content (AvgIpc) is 2.74. The summed E-state index contributed by atoms with van der Waals surface area (Å²) in [5, 5.41) is 3.42. The van der Waals surface area contributed by atoms with E-state index < -0.39 is 0 Å². The normalized spacial score (nSPS) is 12.3. The molecule has 1 aromatic rings. The molecule has 1 aromatic heterocycles. The van der Waals surface area contributed by atoms with Gasteiger partial charge in [0.1, 0.15) is 11.5 Å². The zero-order valence-electron chi connectivity index (χ0n) is 14.1. The largest absolute Gasteiger partial charge is 0.463 e. The second kappa shape index (κ2) is 8.48. The first kappa shape index (κ1) is 17.3. The Morgan fingerprint density at radius 3 is 2.20 bits per heavy atom. The van der Waals surface area contributed by atoms with Crippen LogP contribution in [-0.4, -0.2) is 24.0 Å². The van der Waals surface area contributed by atoms with Crippen molar-refractivity contribution in [1.82, 2.24) is 10.2 Å². The predicted octanol–water partition coefficient (Wildman–Crippen LogP) is 3.89. The van der Waals surface area contributed by atoms with Gasteiger partial charge < -0.3 is 9.73 Å². The zero-order valence-corrected chi connectivity index (χ0v) is 14.1. The molecule has 0 saturated carbocycles. The minimum Gasteiger partial charge on any atom is -0.463 e. The summed E-state index contributed by atoms with van der Waals surface area (Å²) >= 11 is 0. The van der Waals surface area contributed by atoms with Crippen LogP contribution in [-0.2, 0) is 13.1 Å². The highest BCUT2D eigenvalue weighted by atomic mass is 16.3. The van der Waals surface area contributed by atoms with Crippen LogP contribution in [0.4, 0.5) is 0 Å². The van der Waals surface area contributed by atoms with Crippen molar-refractivity contribution in [1.29, 1.82) is 0 Å². The van der Waals surface area contributed by atoms with Gasteiger partial charge in [0, 0.05) is 12.6 Å². The second-order valence-electron chi connectivity index (χ2n) is 6.81. The first-order valence-electron chi connectivity index (χ1n) is 7.90. The van der Waals surface area contributed by atoms with Crippen LogP contribution in [0.25, 0.3) is 0 Å². The molecule has 3 heteroatoms. The molecule has 1 heterocycles. The number of hydrogen-bond donors (Lipinski definition) is 1. The van der Waals surface area contributed by atoms with Gasteiger partial charge in [-0.25, -0.2) is 0 Å². The first-order chi connectivity index (χ1) is 9.38. The van der Waals surface area contributed by atoms with Gasteiger partial charge in [-0.1, -0.05) is 27.7 Å². The number of hydrogen-bond acceptors (Lipinski definition) is 3. The van der Waals surface area contributed by atoms with Crippen LogP contribution in [0.2, 0.25) is 0 Å². The van der Waals surface area contributed by atoms with Gasteiger partial charge in [-0.05, 0) is 44.4 Å². The fourth-order valence-electron chi connectivity index (χ4n) is 2.21. The molecule has 20 heavy (non-hydrogen) atoms. The van der Waals surface area contributed by atoms with E-state index in [1.807, 2.05) is 0 Å². The van der Waals surface area contributed by atoms with Gasteiger partial charge in [-0.15, -0.1) is 0 Å². The van der Waals surface area contributed by atoms with Gasteiger partial charge in [0.05, 0.1) is 13.1 Å². The van der Waals surface area contributed by atoms with E-state index in [-0.39, 0.29) is 0 Å². The van der Waals surface area contributed by atoms with Gasteiger partial charge in [-0.2, -0.15) is 0 Å². The molecular weight excluding hydrogens is 248 g/mol. The molecule has 0 saturated heterocycles. The maximum absolute atomic E-state index is 5.92. The zero-order chi connectivity index (χ0) is 15.1. The fourth-order valence-corrected chi connectivity index (χ4v) is 2.21. The molecule has 0 aliphatic carbocycles. The Labute approximate surface area is 124 Å². The van der Waals surface area contributed by atoms with Crippen LogP contribution in [0.3, 0.4) is 0 Å². The number of rotatable bonds is 9. The predicted molar refractivity (Wildman–Crippen MR) is 85.6 cm³/mol. The van der Waals surface area contributed by atoms with Gasteiger partial charge in [0.2, 0.25) is 0 Å². The molecule has 0 radical (unpaired) electrons. The van der Waals surface area contributed by atoms with E-state index in [9.17, 15) is 0 Å². The Bertz CT molecular complexity index is 369. The summed E-state index contributed by atoms with van der Waals surface area (Å²) in [4.78, 5) is 2.47. The van der Waals surface area contributed by atoms with E-state index in [1.165, 1.54) is 0 Å². The standard InChI is InChI=1S/C17H32N2O/c1-13(2)9-18-10-16-7-8-17(20-16)12-19(15(5)6)11-14(3)4/h7-8,13-15,18H,9-12H2,1-6H3. The first-order valence-corrected chi connectivity index (χ1v) is 7.90.